The van der Waals surface area contributed by atoms with Gasteiger partial charge in [0.15, 0.2) is 8.69 Å². The van der Waals surface area contributed by atoms with Crippen molar-refractivity contribution in [3.63, 3.8) is 0 Å². The van der Waals surface area contributed by atoms with Gasteiger partial charge in [-0.1, -0.05) is 6.08 Å². The predicted octanol–water partition coefficient (Wildman–Crippen LogP) is 1.20. The number of alkyl halides is 1. The molecule has 0 aliphatic rings. The summed E-state index contributed by atoms with van der Waals surface area (Å²) in [7, 11) is -1.50. The lowest BCUT2D eigenvalue weighted by atomic mass is 10.6. The van der Waals surface area contributed by atoms with Gasteiger partial charge >= 0.3 is 0 Å². The zero-order valence-corrected chi connectivity index (χ0v) is 7.63. The summed E-state index contributed by atoms with van der Waals surface area (Å²) >= 11 is 10.0. The molecule has 0 saturated carbocycles. The minimum absolute atomic E-state index is 0.332. The molecule has 0 amide bonds. The number of hydrogen-bond acceptors (Lipinski definition) is 2. The Morgan fingerprint density at radius 3 is 2.20 bits per heavy atom. The molecule has 0 aromatic rings. The zero-order chi connectivity index (χ0) is 8.41. The first-order valence-electron chi connectivity index (χ1n) is 2.18. The number of halogens is 2. The molecule has 0 aromatic heterocycles. The molecule has 0 fully saturated rings. The summed E-state index contributed by atoms with van der Waals surface area (Å²) in [6.45, 7) is 0. The Balaban J connectivity index is 0. The molecule has 0 saturated heterocycles. The molecule has 1 atom stereocenters. The Labute approximate surface area is 69.9 Å². The second-order valence-electron chi connectivity index (χ2n) is 0.966. The number of carbonyl (C=O) groups is 1. The third-order valence-electron chi connectivity index (χ3n) is 0.338. The summed E-state index contributed by atoms with van der Waals surface area (Å²) in [5.74, 6) is 0.332. The van der Waals surface area contributed by atoms with E-state index in [1.165, 1.54) is 12.2 Å². The Hall–Kier alpha value is 0.180. The van der Waals surface area contributed by atoms with Crippen LogP contribution in [0.4, 0.5) is 0 Å². The molecular weight excluding hydrogens is 198 g/mol. The van der Waals surface area contributed by atoms with Crippen molar-refractivity contribution in [1.29, 1.82) is 0 Å². The molecule has 0 heterocycles. The highest BCUT2D eigenvalue weighted by Crippen LogP contribution is 1.83. The van der Waals surface area contributed by atoms with E-state index in [9.17, 15) is 4.79 Å². The lowest BCUT2D eigenvalue weighted by Crippen LogP contribution is -1.73. The quantitative estimate of drug-likeness (QED) is 0.319. The van der Waals surface area contributed by atoms with E-state index in [4.69, 9.17) is 32.7 Å². The predicted molar refractivity (Wildman–Crippen MR) is 43.3 cm³/mol. The van der Waals surface area contributed by atoms with Gasteiger partial charge in [0.2, 0.25) is 5.24 Å². The van der Waals surface area contributed by atoms with Gasteiger partial charge in [-0.2, -0.15) is 0 Å². The summed E-state index contributed by atoms with van der Waals surface area (Å²) in [4.78, 5) is 16.9. The lowest BCUT2D eigenvalue weighted by molar-refractivity contribution is -0.107. The first-order valence-corrected chi connectivity index (χ1v) is 4.08. The lowest BCUT2D eigenvalue weighted by Gasteiger charge is -1.70. The Morgan fingerprint density at radius 1 is 1.70 bits per heavy atom. The fourth-order valence-electron chi connectivity index (χ4n) is 0.137. The van der Waals surface area contributed by atoms with Gasteiger partial charge in [0.25, 0.3) is 0 Å². The molecule has 0 bridgehead atoms. The molecule has 10 heavy (non-hydrogen) atoms. The van der Waals surface area contributed by atoms with Crippen LogP contribution in [0.25, 0.3) is 0 Å². The van der Waals surface area contributed by atoms with Crippen LogP contribution in [0.15, 0.2) is 12.2 Å². The SMILES string of the molecule is O=C(Cl)/C=C/CCl.O=[PH2]O. The van der Waals surface area contributed by atoms with Gasteiger partial charge in [-0.25, -0.2) is 0 Å². The number of allylic oxidation sites excluding steroid dienone is 2. The van der Waals surface area contributed by atoms with Crippen molar-refractivity contribution in [3.05, 3.63) is 12.2 Å². The minimum Gasteiger partial charge on any atom is -0.348 e. The molecule has 60 valence electrons. The number of hydrogen-bond donors (Lipinski definition) is 1. The van der Waals surface area contributed by atoms with Gasteiger partial charge in [-0.3, -0.25) is 9.36 Å². The summed E-state index contributed by atoms with van der Waals surface area (Å²) in [6, 6.07) is 0. The maximum atomic E-state index is 9.82. The smallest absolute Gasteiger partial charge is 0.244 e. The molecule has 0 rings (SSSR count). The van der Waals surface area contributed by atoms with Crippen LogP contribution < -0.4 is 0 Å². The summed E-state index contributed by atoms with van der Waals surface area (Å²) in [5, 5.41) is -0.486. The largest absolute Gasteiger partial charge is 0.348 e. The topological polar surface area (TPSA) is 54.4 Å². The molecule has 0 radical (unpaired) electrons. The normalized spacial score (nSPS) is 9.90. The van der Waals surface area contributed by atoms with Gasteiger partial charge in [0, 0.05) is 5.88 Å². The first-order chi connectivity index (χ1) is 4.68. The highest BCUT2D eigenvalue weighted by atomic mass is 35.5. The molecular formula is C4H7Cl2O3P. The Bertz CT molecular complexity index is 126. The fourth-order valence-corrected chi connectivity index (χ4v) is 0.315. The van der Waals surface area contributed by atoms with E-state index in [0.717, 1.165) is 0 Å². The molecule has 1 unspecified atom stereocenters. The second kappa shape index (κ2) is 11.9. The van der Waals surface area contributed by atoms with Crippen LogP contribution in [0.2, 0.25) is 0 Å². The van der Waals surface area contributed by atoms with Gasteiger partial charge in [0.1, 0.15) is 0 Å². The van der Waals surface area contributed by atoms with E-state index >= 15 is 0 Å². The van der Waals surface area contributed by atoms with Crippen LogP contribution in [-0.2, 0) is 9.36 Å². The average molecular weight is 205 g/mol. The van der Waals surface area contributed by atoms with Gasteiger partial charge in [-0.15, -0.1) is 11.6 Å². The molecule has 6 heteroatoms. The fraction of sp³-hybridized carbons (Fsp3) is 0.250. The summed E-state index contributed by atoms with van der Waals surface area (Å²) in [6.07, 6.45) is 2.70. The molecule has 0 aromatic carbocycles. The van der Waals surface area contributed by atoms with E-state index in [-0.39, 0.29) is 0 Å². The number of carbonyl (C=O) groups excluding carboxylic acids is 1. The van der Waals surface area contributed by atoms with E-state index in [1.54, 1.807) is 0 Å². The highest BCUT2D eigenvalue weighted by molar-refractivity contribution is 7.16. The van der Waals surface area contributed by atoms with Crippen molar-refractivity contribution in [2.24, 2.45) is 0 Å². The van der Waals surface area contributed by atoms with Crippen LogP contribution in [0.1, 0.15) is 0 Å². The number of rotatable bonds is 2. The third kappa shape index (κ3) is 24.1. The van der Waals surface area contributed by atoms with Crippen molar-refractivity contribution >= 4 is 37.1 Å². The monoisotopic (exact) mass is 204 g/mol. The summed E-state index contributed by atoms with van der Waals surface area (Å²) < 4.78 is 8.57. The van der Waals surface area contributed by atoms with Crippen molar-refractivity contribution in [3.8, 4) is 0 Å². The Morgan fingerprint density at radius 2 is 2.10 bits per heavy atom. The second-order valence-corrected chi connectivity index (χ2v) is 1.86. The summed E-state index contributed by atoms with van der Waals surface area (Å²) in [5.41, 5.74) is 0. The minimum atomic E-state index is -1.50. The highest BCUT2D eigenvalue weighted by Gasteiger charge is 1.79. The standard InChI is InChI=1S/C4H4Cl2O.H3O2P/c5-3-1-2-4(6)7;1-3-2/h1-2H,3H2;3H2,(H,1,2)/b2-1+;. The van der Waals surface area contributed by atoms with Gasteiger partial charge in [0.05, 0.1) is 0 Å². The molecule has 0 aliphatic heterocycles. The van der Waals surface area contributed by atoms with Crippen molar-refractivity contribution in [1.82, 2.24) is 0 Å². The zero-order valence-electron chi connectivity index (χ0n) is 4.96. The van der Waals surface area contributed by atoms with E-state index < -0.39 is 13.9 Å². The van der Waals surface area contributed by atoms with Crippen LogP contribution in [-0.4, -0.2) is 16.0 Å². The van der Waals surface area contributed by atoms with Crippen molar-refractivity contribution < 1.29 is 14.3 Å². The molecule has 3 nitrogen and oxygen atoms in total. The Kier molecular flexibility index (Phi) is 15.3. The molecule has 1 N–H and O–H groups in total. The molecule has 0 spiro atoms. The van der Waals surface area contributed by atoms with Crippen molar-refractivity contribution in [2.75, 3.05) is 5.88 Å². The van der Waals surface area contributed by atoms with Crippen molar-refractivity contribution in [2.45, 2.75) is 0 Å². The average Bonchev–Trinajstić information content (AvgIpc) is 1.85. The van der Waals surface area contributed by atoms with Crippen LogP contribution in [0.5, 0.6) is 0 Å². The van der Waals surface area contributed by atoms with Gasteiger partial charge < -0.3 is 4.89 Å². The van der Waals surface area contributed by atoms with Gasteiger partial charge in [-0.05, 0) is 17.7 Å². The van der Waals surface area contributed by atoms with E-state index in [0.29, 0.717) is 5.88 Å². The first kappa shape index (κ1) is 12.8. The third-order valence-corrected chi connectivity index (χ3v) is 0.642. The van der Waals surface area contributed by atoms with Crippen LogP contribution >= 0.6 is 31.9 Å². The van der Waals surface area contributed by atoms with Crippen LogP contribution in [0.3, 0.4) is 0 Å². The maximum absolute atomic E-state index is 9.82. The molecule has 0 aliphatic carbocycles. The maximum Gasteiger partial charge on any atom is 0.244 e. The van der Waals surface area contributed by atoms with E-state index in [1.807, 2.05) is 0 Å². The van der Waals surface area contributed by atoms with Crippen LogP contribution in [0, 0.1) is 0 Å². The van der Waals surface area contributed by atoms with E-state index in [2.05, 4.69) is 0 Å².